The van der Waals surface area contributed by atoms with Crippen LogP contribution in [-0.4, -0.2) is 82.6 Å². The van der Waals surface area contributed by atoms with Gasteiger partial charge in [-0.2, -0.15) is 12.6 Å². The molecule has 0 radical (unpaired) electrons. The van der Waals surface area contributed by atoms with Crippen LogP contribution in [0.2, 0.25) is 0 Å². The van der Waals surface area contributed by atoms with E-state index in [-0.39, 0.29) is 24.5 Å². The lowest BCUT2D eigenvalue weighted by Gasteiger charge is -2.28. The number of carboxylic acid groups (broad SMARTS) is 1. The van der Waals surface area contributed by atoms with Crippen molar-refractivity contribution in [1.29, 1.82) is 0 Å². The summed E-state index contributed by atoms with van der Waals surface area (Å²) in [6.07, 6.45) is 2.55. The first kappa shape index (κ1) is 27.7. The van der Waals surface area contributed by atoms with Gasteiger partial charge in [-0.3, -0.25) is 19.2 Å². The van der Waals surface area contributed by atoms with Crippen LogP contribution in [0.3, 0.4) is 0 Å². The van der Waals surface area contributed by atoms with Gasteiger partial charge in [0.2, 0.25) is 23.6 Å². The van der Waals surface area contributed by atoms with Gasteiger partial charge in [0.15, 0.2) is 0 Å². The predicted molar refractivity (Wildman–Crippen MR) is 119 cm³/mol. The van der Waals surface area contributed by atoms with Crippen molar-refractivity contribution in [3.05, 3.63) is 0 Å². The van der Waals surface area contributed by atoms with E-state index in [1.54, 1.807) is 0 Å². The normalized spacial score (nSPS) is 18.5. The van der Waals surface area contributed by atoms with Crippen LogP contribution < -0.4 is 27.8 Å². The fourth-order valence-electron chi connectivity index (χ4n) is 3.43. The number of carboxylic acids is 1. The monoisotopic (exact) mass is 474 g/mol. The fourth-order valence-corrected chi connectivity index (χ4v) is 3.68. The molecule has 1 aliphatic heterocycles. The number of thiol groups is 1. The molecule has 1 rings (SSSR count). The van der Waals surface area contributed by atoms with Crippen LogP contribution in [0.5, 0.6) is 0 Å². The summed E-state index contributed by atoms with van der Waals surface area (Å²) in [6, 6.07) is -3.98. The van der Waals surface area contributed by atoms with Gasteiger partial charge < -0.3 is 37.8 Å². The fraction of sp³-hybridized carbons (Fsp3) is 0.737. The Morgan fingerprint density at radius 2 is 1.78 bits per heavy atom. The van der Waals surface area contributed by atoms with Crippen molar-refractivity contribution < 1.29 is 29.1 Å². The van der Waals surface area contributed by atoms with Crippen molar-refractivity contribution in [1.82, 2.24) is 15.5 Å². The lowest BCUT2D eigenvalue weighted by Crippen LogP contribution is -2.57. The SMILES string of the molecule is NCCCCC(N)C(=O)N1CCCC1C(=O)NC(CS)C(=O)NC(CCC(N)=O)C(=O)O. The number of hydrogen-bond acceptors (Lipinski definition) is 8. The summed E-state index contributed by atoms with van der Waals surface area (Å²) in [5, 5.41) is 14.0. The second-order valence-electron chi connectivity index (χ2n) is 7.73. The van der Waals surface area contributed by atoms with Crippen molar-refractivity contribution in [3.63, 3.8) is 0 Å². The minimum Gasteiger partial charge on any atom is -0.480 e. The first-order chi connectivity index (χ1) is 15.1. The standard InChI is InChI=1S/C19H34N6O6S/c20-8-2-1-4-11(21)18(29)25-9-3-5-14(25)17(28)24-13(10-32)16(27)23-12(19(30)31)6-7-15(22)26/h11-14,32H,1-10,20-21H2,(H2,22,26)(H,23,27)(H,24,28)(H,30,31). The van der Waals surface area contributed by atoms with Gasteiger partial charge in [0.1, 0.15) is 18.1 Å². The summed E-state index contributed by atoms with van der Waals surface area (Å²) in [6.45, 7) is 0.890. The maximum absolute atomic E-state index is 12.8. The number of aliphatic carboxylic acids is 1. The van der Waals surface area contributed by atoms with E-state index in [9.17, 15) is 29.1 Å². The van der Waals surface area contributed by atoms with E-state index < -0.39 is 47.9 Å². The Labute approximate surface area is 192 Å². The quantitative estimate of drug-likeness (QED) is 0.107. The predicted octanol–water partition coefficient (Wildman–Crippen LogP) is -2.32. The van der Waals surface area contributed by atoms with Crippen LogP contribution in [0.25, 0.3) is 0 Å². The summed E-state index contributed by atoms with van der Waals surface area (Å²) < 4.78 is 0. The molecule has 182 valence electrons. The number of likely N-dealkylation sites (tertiary alicyclic amines) is 1. The molecule has 13 heteroatoms. The van der Waals surface area contributed by atoms with E-state index in [4.69, 9.17) is 17.2 Å². The molecular weight excluding hydrogens is 440 g/mol. The average Bonchev–Trinajstić information content (AvgIpc) is 3.23. The van der Waals surface area contributed by atoms with Crippen LogP contribution in [-0.2, 0) is 24.0 Å². The van der Waals surface area contributed by atoms with Gasteiger partial charge in [0.05, 0.1) is 6.04 Å². The number of carbonyl (C=O) groups excluding carboxylic acids is 4. The Morgan fingerprint density at radius 1 is 1.09 bits per heavy atom. The maximum atomic E-state index is 12.8. The van der Waals surface area contributed by atoms with Crippen LogP contribution >= 0.6 is 12.6 Å². The molecule has 0 aromatic rings. The number of nitrogens with two attached hydrogens (primary N) is 3. The summed E-state index contributed by atoms with van der Waals surface area (Å²) >= 11 is 4.07. The second kappa shape index (κ2) is 13.9. The molecule has 1 heterocycles. The third-order valence-electron chi connectivity index (χ3n) is 5.23. The molecule has 12 nitrogen and oxygen atoms in total. The zero-order valence-electron chi connectivity index (χ0n) is 18.0. The number of unbranched alkanes of at least 4 members (excludes halogenated alkanes) is 1. The second-order valence-corrected chi connectivity index (χ2v) is 8.09. The Morgan fingerprint density at radius 3 is 2.34 bits per heavy atom. The van der Waals surface area contributed by atoms with E-state index >= 15 is 0 Å². The van der Waals surface area contributed by atoms with Gasteiger partial charge in [0, 0.05) is 18.7 Å². The first-order valence-electron chi connectivity index (χ1n) is 10.6. The lowest BCUT2D eigenvalue weighted by molar-refractivity contribution is -0.143. The highest BCUT2D eigenvalue weighted by atomic mass is 32.1. The van der Waals surface area contributed by atoms with E-state index in [1.807, 2.05) is 0 Å². The van der Waals surface area contributed by atoms with E-state index in [1.165, 1.54) is 4.90 Å². The van der Waals surface area contributed by atoms with E-state index in [2.05, 4.69) is 23.3 Å². The Bertz CT molecular complexity index is 693. The zero-order valence-corrected chi connectivity index (χ0v) is 18.9. The zero-order chi connectivity index (χ0) is 24.3. The van der Waals surface area contributed by atoms with Crippen molar-refractivity contribution in [3.8, 4) is 0 Å². The molecule has 4 unspecified atom stereocenters. The number of rotatable bonds is 14. The number of nitrogens with zero attached hydrogens (tertiary/aromatic N) is 1. The Balaban J connectivity index is 2.73. The van der Waals surface area contributed by atoms with Gasteiger partial charge in [0.25, 0.3) is 0 Å². The molecule has 9 N–H and O–H groups in total. The van der Waals surface area contributed by atoms with Crippen molar-refractivity contribution >= 4 is 42.2 Å². The third-order valence-corrected chi connectivity index (χ3v) is 5.60. The van der Waals surface area contributed by atoms with Crippen molar-refractivity contribution in [2.45, 2.75) is 69.1 Å². The van der Waals surface area contributed by atoms with E-state index in [0.29, 0.717) is 38.8 Å². The Kier molecular flexibility index (Phi) is 12.0. The number of primary amides is 1. The largest absolute Gasteiger partial charge is 0.480 e. The molecule has 32 heavy (non-hydrogen) atoms. The lowest BCUT2D eigenvalue weighted by atomic mass is 10.1. The molecule has 0 aromatic carbocycles. The molecule has 0 saturated carbocycles. The van der Waals surface area contributed by atoms with E-state index in [0.717, 1.165) is 6.42 Å². The molecule has 1 fully saturated rings. The molecule has 1 saturated heterocycles. The molecular formula is C19H34N6O6S. The summed E-state index contributed by atoms with van der Waals surface area (Å²) in [5.74, 6) is -3.76. The van der Waals surface area contributed by atoms with Crippen LogP contribution in [0.4, 0.5) is 0 Å². The van der Waals surface area contributed by atoms with Crippen molar-refractivity contribution in [2.75, 3.05) is 18.8 Å². The van der Waals surface area contributed by atoms with Gasteiger partial charge >= 0.3 is 5.97 Å². The molecule has 0 aromatic heterocycles. The van der Waals surface area contributed by atoms with Crippen LogP contribution in [0, 0.1) is 0 Å². The van der Waals surface area contributed by atoms with Crippen LogP contribution in [0.1, 0.15) is 44.9 Å². The number of nitrogens with one attached hydrogen (secondary N) is 2. The van der Waals surface area contributed by atoms with Gasteiger partial charge in [-0.05, 0) is 38.6 Å². The highest BCUT2D eigenvalue weighted by molar-refractivity contribution is 7.80. The molecule has 0 bridgehead atoms. The third kappa shape index (κ3) is 8.63. The highest BCUT2D eigenvalue weighted by Gasteiger charge is 2.37. The number of carbonyl (C=O) groups is 5. The molecule has 4 amide bonds. The molecule has 0 aliphatic carbocycles. The minimum absolute atomic E-state index is 0.0982. The number of hydrogen-bond donors (Lipinski definition) is 7. The number of amides is 4. The first-order valence-corrected chi connectivity index (χ1v) is 11.2. The summed E-state index contributed by atoms with van der Waals surface area (Å²) in [7, 11) is 0. The topological polar surface area (TPSA) is 211 Å². The van der Waals surface area contributed by atoms with Gasteiger partial charge in [-0.15, -0.1) is 0 Å². The smallest absolute Gasteiger partial charge is 0.326 e. The molecule has 0 spiro atoms. The molecule has 1 aliphatic rings. The maximum Gasteiger partial charge on any atom is 0.326 e. The van der Waals surface area contributed by atoms with Crippen LogP contribution in [0.15, 0.2) is 0 Å². The summed E-state index contributed by atoms with van der Waals surface area (Å²) in [5.41, 5.74) is 16.5. The molecule has 4 atom stereocenters. The summed E-state index contributed by atoms with van der Waals surface area (Å²) in [4.78, 5) is 61.6. The minimum atomic E-state index is -1.34. The highest BCUT2D eigenvalue weighted by Crippen LogP contribution is 2.19. The van der Waals surface area contributed by atoms with Gasteiger partial charge in [-0.1, -0.05) is 6.42 Å². The average molecular weight is 475 g/mol. The van der Waals surface area contributed by atoms with Gasteiger partial charge in [-0.25, -0.2) is 4.79 Å². The van der Waals surface area contributed by atoms with Crippen molar-refractivity contribution in [2.24, 2.45) is 17.2 Å². The Hall–Kier alpha value is -2.38.